The third-order valence-corrected chi connectivity index (χ3v) is 5.13. The zero-order valence-electron chi connectivity index (χ0n) is 15.1. The van der Waals surface area contributed by atoms with Gasteiger partial charge in [0.25, 0.3) is 5.91 Å². The van der Waals surface area contributed by atoms with Crippen LogP contribution in [-0.2, 0) is 13.5 Å². The van der Waals surface area contributed by atoms with Crippen molar-refractivity contribution in [3.8, 4) is 11.3 Å². The molecular formula is C21H22N4O. The molecular weight excluding hydrogens is 324 g/mol. The maximum Gasteiger partial charge on any atom is 0.276 e. The summed E-state index contributed by atoms with van der Waals surface area (Å²) >= 11 is 0. The first-order chi connectivity index (χ1) is 12.7. The van der Waals surface area contributed by atoms with Crippen LogP contribution in [0.5, 0.6) is 0 Å². The van der Waals surface area contributed by atoms with E-state index < -0.39 is 0 Å². The zero-order valence-corrected chi connectivity index (χ0v) is 15.1. The summed E-state index contributed by atoms with van der Waals surface area (Å²) in [5, 5.41) is 4.55. The van der Waals surface area contributed by atoms with Gasteiger partial charge in [-0.3, -0.25) is 14.5 Å². The standard InChI is InChI=1S/C21H22N4O/c1-3-17-9-8-16-6-4-5-7-19(16)25(17)21(26)20-14-18(23-24(20)2)15-10-12-22-13-11-15/h4-7,10-14,17H,3,8-9H2,1-2H3. The number of fused-ring (bicyclic) bond motifs is 1. The van der Waals surface area contributed by atoms with E-state index in [2.05, 4.69) is 29.1 Å². The van der Waals surface area contributed by atoms with Gasteiger partial charge in [-0.15, -0.1) is 0 Å². The Balaban J connectivity index is 1.74. The summed E-state index contributed by atoms with van der Waals surface area (Å²) in [7, 11) is 1.83. The molecule has 26 heavy (non-hydrogen) atoms. The van der Waals surface area contributed by atoms with Crippen LogP contribution in [0.3, 0.4) is 0 Å². The lowest BCUT2D eigenvalue weighted by atomic mass is 9.94. The van der Waals surface area contributed by atoms with Gasteiger partial charge in [0.15, 0.2) is 0 Å². The van der Waals surface area contributed by atoms with E-state index in [4.69, 9.17) is 0 Å². The van der Waals surface area contributed by atoms with Gasteiger partial charge in [0.2, 0.25) is 0 Å². The van der Waals surface area contributed by atoms with Gasteiger partial charge in [0, 0.05) is 36.7 Å². The van der Waals surface area contributed by atoms with Crippen LogP contribution in [0.1, 0.15) is 35.8 Å². The van der Waals surface area contributed by atoms with Gasteiger partial charge in [-0.2, -0.15) is 5.10 Å². The van der Waals surface area contributed by atoms with E-state index in [1.807, 2.05) is 42.3 Å². The first-order valence-corrected chi connectivity index (χ1v) is 9.05. The number of para-hydroxylation sites is 1. The largest absolute Gasteiger partial charge is 0.304 e. The molecule has 2 aromatic heterocycles. The number of rotatable bonds is 3. The van der Waals surface area contributed by atoms with Crippen molar-refractivity contribution in [2.45, 2.75) is 32.2 Å². The van der Waals surface area contributed by atoms with Gasteiger partial charge in [-0.1, -0.05) is 25.1 Å². The van der Waals surface area contributed by atoms with Crippen LogP contribution in [0.4, 0.5) is 5.69 Å². The summed E-state index contributed by atoms with van der Waals surface area (Å²) in [5.41, 5.74) is 4.62. The van der Waals surface area contributed by atoms with Crippen molar-refractivity contribution in [1.82, 2.24) is 14.8 Å². The maximum absolute atomic E-state index is 13.4. The van der Waals surface area contributed by atoms with Crippen molar-refractivity contribution in [1.29, 1.82) is 0 Å². The Hall–Kier alpha value is -2.95. The van der Waals surface area contributed by atoms with Crippen molar-refractivity contribution in [2.24, 2.45) is 7.05 Å². The third kappa shape index (κ3) is 2.79. The summed E-state index contributed by atoms with van der Waals surface area (Å²) in [6.07, 6.45) is 6.43. The van der Waals surface area contributed by atoms with Gasteiger partial charge in [0.05, 0.1) is 5.69 Å². The molecule has 3 aromatic rings. The van der Waals surface area contributed by atoms with Crippen molar-refractivity contribution >= 4 is 11.6 Å². The second kappa shape index (κ2) is 6.75. The Morgan fingerprint density at radius 1 is 1.19 bits per heavy atom. The number of aromatic nitrogens is 3. The number of hydrogen-bond acceptors (Lipinski definition) is 3. The Morgan fingerprint density at radius 3 is 2.73 bits per heavy atom. The summed E-state index contributed by atoms with van der Waals surface area (Å²) in [4.78, 5) is 19.5. The van der Waals surface area contributed by atoms with Crippen LogP contribution >= 0.6 is 0 Å². The number of carbonyl (C=O) groups is 1. The fraction of sp³-hybridized carbons (Fsp3) is 0.286. The van der Waals surface area contributed by atoms with Gasteiger partial charge in [-0.05, 0) is 49.1 Å². The second-order valence-electron chi connectivity index (χ2n) is 6.68. The third-order valence-electron chi connectivity index (χ3n) is 5.13. The van der Waals surface area contributed by atoms with Gasteiger partial charge in [-0.25, -0.2) is 0 Å². The Labute approximate surface area is 153 Å². The minimum Gasteiger partial charge on any atom is -0.304 e. The molecule has 1 unspecified atom stereocenters. The molecule has 0 saturated heterocycles. The minimum atomic E-state index is 0.0132. The second-order valence-corrected chi connectivity index (χ2v) is 6.68. The average Bonchev–Trinajstić information content (AvgIpc) is 3.09. The van der Waals surface area contributed by atoms with Crippen LogP contribution in [0.15, 0.2) is 54.9 Å². The van der Waals surface area contributed by atoms with Gasteiger partial charge in [0.1, 0.15) is 5.69 Å². The van der Waals surface area contributed by atoms with Crippen LogP contribution in [0.25, 0.3) is 11.3 Å². The molecule has 132 valence electrons. The molecule has 4 rings (SSSR count). The first-order valence-electron chi connectivity index (χ1n) is 9.05. The maximum atomic E-state index is 13.4. The topological polar surface area (TPSA) is 51.0 Å². The average molecular weight is 346 g/mol. The monoisotopic (exact) mass is 346 g/mol. The summed E-state index contributed by atoms with van der Waals surface area (Å²) in [5.74, 6) is 0.0132. The smallest absolute Gasteiger partial charge is 0.276 e. The number of aryl methyl sites for hydroxylation is 2. The zero-order chi connectivity index (χ0) is 18.1. The fourth-order valence-electron chi connectivity index (χ4n) is 3.72. The molecule has 1 aliphatic rings. The molecule has 1 atom stereocenters. The number of nitrogens with zero attached hydrogens (tertiary/aromatic N) is 4. The lowest BCUT2D eigenvalue weighted by Crippen LogP contribution is -2.44. The van der Waals surface area contributed by atoms with E-state index in [1.54, 1.807) is 17.1 Å². The molecule has 3 heterocycles. The fourth-order valence-corrected chi connectivity index (χ4v) is 3.72. The van der Waals surface area contributed by atoms with Crippen LogP contribution < -0.4 is 4.90 Å². The number of benzene rings is 1. The molecule has 1 aromatic carbocycles. The molecule has 0 spiro atoms. The van der Waals surface area contributed by atoms with Crippen molar-refractivity contribution in [2.75, 3.05) is 4.90 Å². The molecule has 1 aliphatic heterocycles. The van der Waals surface area contributed by atoms with E-state index in [9.17, 15) is 4.79 Å². The highest BCUT2D eigenvalue weighted by Crippen LogP contribution is 2.33. The molecule has 0 radical (unpaired) electrons. The Morgan fingerprint density at radius 2 is 1.96 bits per heavy atom. The molecule has 0 saturated carbocycles. The Kier molecular flexibility index (Phi) is 4.29. The van der Waals surface area contributed by atoms with Gasteiger partial charge >= 0.3 is 0 Å². The lowest BCUT2D eigenvalue weighted by molar-refractivity contribution is 0.0963. The number of hydrogen-bond donors (Lipinski definition) is 0. The first kappa shape index (κ1) is 16.5. The van der Waals surface area contributed by atoms with E-state index in [1.165, 1.54) is 5.56 Å². The molecule has 0 fully saturated rings. The lowest BCUT2D eigenvalue weighted by Gasteiger charge is -2.36. The molecule has 1 amide bonds. The Bertz CT molecular complexity index is 932. The minimum absolute atomic E-state index is 0.0132. The summed E-state index contributed by atoms with van der Waals surface area (Å²) in [6, 6.07) is 14.1. The highest BCUT2D eigenvalue weighted by Gasteiger charge is 2.32. The van der Waals surface area contributed by atoms with E-state index in [-0.39, 0.29) is 11.9 Å². The molecule has 0 aliphatic carbocycles. The van der Waals surface area contributed by atoms with Crippen molar-refractivity contribution < 1.29 is 4.79 Å². The highest BCUT2D eigenvalue weighted by molar-refractivity contribution is 6.06. The number of amides is 1. The molecule has 0 N–H and O–H groups in total. The van der Waals surface area contributed by atoms with Crippen molar-refractivity contribution in [3.05, 3.63) is 66.1 Å². The quantitative estimate of drug-likeness (QED) is 0.724. The predicted octanol–water partition coefficient (Wildman–Crippen LogP) is 3.85. The van der Waals surface area contributed by atoms with E-state index >= 15 is 0 Å². The predicted molar refractivity (Wildman–Crippen MR) is 102 cm³/mol. The number of pyridine rings is 1. The summed E-state index contributed by atoms with van der Waals surface area (Å²) < 4.78 is 1.68. The SMILES string of the molecule is CCC1CCc2ccccc2N1C(=O)c1cc(-c2ccncc2)nn1C. The number of carbonyl (C=O) groups excluding carboxylic acids is 1. The normalized spacial score (nSPS) is 16.4. The van der Waals surface area contributed by atoms with Gasteiger partial charge < -0.3 is 4.90 Å². The van der Waals surface area contributed by atoms with Crippen LogP contribution in [0.2, 0.25) is 0 Å². The molecule has 5 nitrogen and oxygen atoms in total. The van der Waals surface area contributed by atoms with Crippen LogP contribution in [0, 0.1) is 0 Å². The highest BCUT2D eigenvalue weighted by atomic mass is 16.2. The van der Waals surface area contributed by atoms with Crippen molar-refractivity contribution in [3.63, 3.8) is 0 Å². The molecule has 0 bridgehead atoms. The van der Waals surface area contributed by atoms with E-state index in [0.29, 0.717) is 5.69 Å². The van der Waals surface area contributed by atoms with Crippen LogP contribution in [-0.4, -0.2) is 26.7 Å². The summed E-state index contributed by atoms with van der Waals surface area (Å²) in [6.45, 7) is 2.14. The molecule has 5 heteroatoms. The van der Waals surface area contributed by atoms with E-state index in [0.717, 1.165) is 36.2 Å². The number of anilines is 1.